The van der Waals surface area contributed by atoms with E-state index in [0.29, 0.717) is 0 Å². The van der Waals surface area contributed by atoms with Crippen molar-refractivity contribution in [3.63, 3.8) is 0 Å². The lowest BCUT2D eigenvalue weighted by Crippen LogP contribution is -2.02. The minimum Gasteiger partial charge on any atom is -0.395 e. The maximum atomic E-state index is 12.8. The molecule has 0 radical (unpaired) electrons. The smallest absolute Gasteiger partial charge is 0.141 e. The first-order chi connectivity index (χ1) is 6.63. The lowest BCUT2D eigenvalue weighted by atomic mass is 10.2. The Bertz CT molecular complexity index is 306. The fourth-order valence-electron chi connectivity index (χ4n) is 0.921. The Morgan fingerprint density at radius 3 is 2.86 bits per heavy atom. The molecule has 0 amide bonds. The first-order valence-electron chi connectivity index (χ1n) is 4.30. The maximum Gasteiger partial charge on any atom is 0.141 e. The summed E-state index contributed by atoms with van der Waals surface area (Å²) in [7, 11) is 0. The van der Waals surface area contributed by atoms with Crippen molar-refractivity contribution < 1.29 is 9.50 Å². The molecule has 0 saturated heterocycles. The highest BCUT2D eigenvalue weighted by molar-refractivity contribution is 7.99. The Balaban J connectivity index is 2.55. The second-order valence-electron chi connectivity index (χ2n) is 3.05. The molecule has 0 aromatic heterocycles. The molecular weight excluding hydrogens is 223 g/mol. The minimum atomic E-state index is -0.393. The third-order valence-corrected chi connectivity index (χ3v) is 3.28. The Morgan fingerprint density at radius 2 is 2.29 bits per heavy atom. The number of aliphatic hydroxyl groups excluding tert-OH is 1. The van der Waals surface area contributed by atoms with Crippen LogP contribution in [0.15, 0.2) is 18.2 Å². The van der Waals surface area contributed by atoms with Crippen LogP contribution in [0.4, 0.5) is 4.39 Å². The van der Waals surface area contributed by atoms with Crippen LogP contribution in [0.5, 0.6) is 0 Å². The average Bonchev–Trinajstić information content (AvgIpc) is 2.19. The van der Waals surface area contributed by atoms with Crippen LogP contribution in [0.1, 0.15) is 12.5 Å². The van der Waals surface area contributed by atoms with E-state index in [1.54, 1.807) is 23.9 Å². The number of rotatable bonds is 4. The van der Waals surface area contributed by atoms with E-state index in [9.17, 15) is 4.39 Å². The van der Waals surface area contributed by atoms with E-state index in [4.69, 9.17) is 16.7 Å². The van der Waals surface area contributed by atoms with Gasteiger partial charge in [0, 0.05) is 11.0 Å². The summed E-state index contributed by atoms with van der Waals surface area (Å²) >= 11 is 7.24. The van der Waals surface area contributed by atoms with Gasteiger partial charge in [-0.05, 0) is 17.7 Å². The zero-order valence-electron chi connectivity index (χ0n) is 7.84. The van der Waals surface area contributed by atoms with E-state index in [1.807, 2.05) is 6.92 Å². The van der Waals surface area contributed by atoms with Crippen LogP contribution in [0.25, 0.3) is 0 Å². The zero-order valence-corrected chi connectivity index (χ0v) is 9.41. The SMILES string of the molecule is CC(CO)SCc1ccc(F)c(Cl)c1. The number of hydrogen-bond donors (Lipinski definition) is 1. The van der Waals surface area contributed by atoms with Gasteiger partial charge in [-0.3, -0.25) is 0 Å². The zero-order chi connectivity index (χ0) is 10.6. The summed E-state index contributed by atoms with van der Waals surface area (Å²) in [4.78, 5) is 0. The van der Waals surface area contributed by atoms with Crippen molar-refractivity contribution in [2.24, 2.45) is 0 Å². The Hall–Kier alpha value is -0.250. The Kier molecular flexibility index (Phi) is 4.72. The lowest BCUT2D eigenvalue weighted by Gasteiger charge is -2.07. The van der Waals surface area contributed by atoms with Crippen molar-refractivity contribution in [3.05, 3.63) is 34.6 Å². The van der Waals surface area contributed by atoms with Gasteiger partial charge in [0.1, 0.15) is 5.82 Å². The third kappa shape index (κ3) is 3.48. The molecule has 0 spiro atoms. The molecule has 0 aliphatic carbocycles. The number of benzene rings is 1. The summed E-state index contributed by atoms with van der Waals surface area (Å²) in [6.07, 6.45) is 0. The molecule has 1 nitrogen and oxygen atoms in total. The molecule has 1 unspecified atom stereocenters. The standard InChI is InChI=1S/C10H12ClFOS/c1-7(5-13)14-6-8-2-3-10(12)9(11)4-8/h2-4,7,13H,5-6H2,1H3. The van der Waals surface area contributed by atoms with Gasteiger partial charge >= 0.3 is 0 Å². The fourth-order valence-corrected chi connectivity index (χ4v) is 1.89. The maximum absolute atomic E-state index is 12.8. The van der Waals surface area contributed by atoms with E-state index in [0.717, 1.165) is 11.3 Å². The molecule has 0 fully saturated rings. The van der Waals surface area contributed by atoms with E-state index < -0.39 is 5.82 Å². The van der Waals surface area contributed by atoms with Gasteiger partial charge in [0.2, 0.25) is 0 Å². The van der Waals surface area contributed by atoms with Gasteiger partial charge in [-0.25, -0.2) is 4.39 Å². The van der Waals surface area contributed by atoms with Gasteiger partial charge in [-0.15, -0.1) is 0 Å². The van der Waals surface area contributed by atoms with Crippen LogP contribution in [-0.4, -0.2) is 17.0 Å². The molecule has 14 heavy (non-hydrogen) atoms. The van der Waals surface area contributed by atoms with Crippen LogP contribution >= 0.6 is 23.4 Å². The van der Waals surface area contributed by atoms with Crippen LogP contribution in [0.2, 0.25) is 5.02 Å². The van der Waals surface area contributed by atoms with Crippen molar-refractivity contribution in [2.75, 3.05) is 6.61 Å². The monoisotopic (exact) mass is 234 g/mol. The largest absolute Gasteiger partial charge is 0.395 e. The second-order valence-corrected chi connectivity index (χ2v) is 4.89. The average molecular weight is 235 g/mol. The molecule has 1 aromatic carbocycles. The van der Waals surface area contributed by atoms with Gasteiger partial charge in [0.15, 0.2) is 0 Å². The van der Waals surface area contributed by atoms with Gasteiger partial charge in [-0.2, -0.15) is 11.8 Å². The quantitative estimate of drug-likeness (QED) is 0.864. The molecular formula is C10H12ClFOS. The molecule has 1 rings (SSSR count). The number of halogens is 2. The Morgan fingerprint density at radius 1 is 1.57 bits per heavy atom. The summed E-state index contributed by atoms with van der Waals surface area (Å²) in [5.41, 5.74) is 0.974. The van der Waals surface area contributed by atoms with Crippen LogP contribution in [0.3, 0.4) is 0 Å². The van der Waals surface area contributed by atoms with E-state index >= 15 is 0 Å². The molecule has 4 heteroatoms. The fraction of sp³-hybridized carbons (Fsp3) is 0.400. The van der Waals surface area contributed by atoms with Crippen molar-refractivity contribution in [1.82, 2.24) is 0 Å². The topological polar surface area (TPSA) is 20.2 Å². The van der Waals surface area contributed by atoms with Crippen LogP contribution < -0.4 is 0 Å². The predicted octanol–water partition coefficient (Wildman–Crippen LogP) is 3.09. The molecule has 0 aliphatic heterocycles. The predicted molar refractivity (Wildman–Crippen MR) is 59.3 cm³/mol. The van der Waals surface area contributed by atoms with Gasteiger partial charge in [-0.1, -0.05) is 24.6 Å². The van der Waals surface area contributed by atoms with Crippen LogP contribution in [0, 0.1) is 5.82 Å². The summed E-state index contributed by atoms with van der Waals surface area (Å²) in [5, 5.41) is 9.15. The Labute approximate surface area is 92.3 Å². The van der Waals surface area contributed by atoms with E-state index in [1.165, 1.54) is 6.07 Å². The molecule has 1 atom stereocenters. The first kappa shape index (κ1) is 11.8. The lowest BCUT2D eigenvalue weighted by molar-refractivity contribution is 0.300. The van der Waals surface area contributed by atoms with E-state index in [-0.39, 0.29) is 16.9 Å². The number of thioether (sulfide) groups is 1. The molecule has 0 bridgehead atoms. The first-order valence-corrected chi connectivity index (χ1v) is 5.72. The molecule has 0 heterocycles. The molecule has 1 N–H and O–H groups in total. The summed E-state index contributed by atoms with van der Waals surface area (Å²) in [6, 6.07) is 4.69. The highest BCUT2D eigenvalue weighted by Gasteiger charge is 2.03. The minimum absolute atomic E-state index is 0.152. The highest BCUT2D eigenvalue weighted by atomic mass is 35.5. The number of hydrogen-bond acceptors (Lipinski definition) is 2. The van der Waals surface area contributed by atoms with Crippen molar-refractivity contribution >= 4 is 23.4 Å². The summed E-state index contributed by atoms with van der Waals surface area (Å²) < 4.78 is 12.8. The summed E-state index contributed by atoms with van der Waals surface area (Å²) in [5.74, 6) is 0.345. The molecule has 0 aliphatic rings. The van der Waals surface area contributed by atoms with E-state index in [2.05, 4.69) is 0 Å². The van der Waals surface area contributed by atoms with Crippen molar-refractivity contribution in [2.45, 2.75) is 17.9 Å². The van der Waals surface area contributed by atoms with Gasteiger partial charge in [0.05, 0.1) is 11.6 Å². The summed E-state index contributed by atoms with van der Waals surface area (Å²) in [6.45, 7) is 2.09. The molecule has 1 aromatic rings. The molecule has 78 valence electrons. The highest BCUT2D eigenvalue weighted by Crippen LogP contribution is 2.21. The second kappa shape index (κ2) is 5.59. The van der Waals surface area contributed by atoms with Crippen LogP contribution in [-0.2, 0) is 5.75 Å². The normalized spacial score (nSPS) is 12.9. The van der Waals surface area contributed by atoms with Gasteiger partial charge < -0.3 is 5.11 Å². The van der Waals surface area contributed by atoms with Crippen molar-refractivity contribution in [1.29, 1.82) is 0 Å². The number of aliphatic hydroxyl groups is 1. The molecule has 0 saturated carbocycles. The van der Waals surface area contributed by atoms with Crippen molar-refractivity contribution in [3.8, 4) is 0 Å². The third-order valence-electron chi connectivity index (χ3n) is 1.78. The van der Waals surface area contributed by atoms with Gasteiger partial charge in [0.25, 0.3) is 0 Å².